The molecule has 0 aromatic heterocycles. The maximum Gasteiger partial charge on any atom is 0.216 e. The molecule has 1 saturated carbocycles. The van der Waals surface area contributed by atoms with Crippen molar-refractivity contribution in [3.63, 3.8) is 0 Å². The first-order valence-corrected chi connectivity index (χ1v) is 11.9. The lowest BCUT2D eigenvalue weighted by Crippen LogP contribution is -2.46. The number of benzene rings is 1. The number of hydrogen-bond donors (Lipinski definition) is 2. The molecule has 1 aliphatic heterocycles. The molecule has 28 heavy (non-hydrogen) atoms. The molecule has 1 aromatic carbocycles. The van der Waals surface area contributed by atoms with E-state index >= 15 is 0 Å². The van der Waals surface area contributed by atoms with Gasteiger partial charge in [-0.3, -0.25) is 0 Å². The zero-order valence-corrected chi connectivity index (χ0v) is 18.2. The van der Waals surface area contributed by atoms with E-state index in [0.717, 1.165) is 64.2 Å². The van der Waals surface area contributed by atoms with Crippen molar-refractivity contribution in [3.8, 4) is 0 Å². The number of sulfonamides is 1. The summed E-state index contributed by atoms with van der Waals surface area (Å²) in [7, 11) is -3.26. The maximum absolute atomic E-state index is 12.3. The molecule has 6 nitrogen and oxygen atoms in total. The highest BCUT2D eigenvalue weighted by Gasteiger charge is 2.32. The molecule has 0 bridgehead atoms. The van der Waals surface area contributed by atoms with E-state index in [9.17, 15) is 8.42 Å². The molecule has 1 aliphatic carbocycles. The van der Waals surface area contributed by atoms with Crippen LogP contribution in [0.2, 0.25) is 0 Å². The predicted molar refractivity (Wildman–Crippen MR) is 116 cm³/mol. The Morgan fingerprint density at radius 1 is 1.04 bits per heavy atom. The summed E-state index contributed by atoms with van der Waals surface area (Å²) < 4.78 is 32.2. The zero-order valence-electron chi connectivity index (χ0n) is 17.4. The molecule has 2 N–H and O–H groups in total. The summed E-state index contributed by atoms with van der Waals surface area (Å²) >= 11 is 0. The van der Waals surface area contributed by atoms with E-state index in [2.05, 4.69) is 39.2 Å². The Hall–Kier alpha value is -1.31. The summed E-state index contributed by atoms with van der Waals surface area (Å²) in [4.78, 5) is 2.35. The van der Waals surface area contributed by atoms with Crippen LogP contribution in [-0.2, 0) is 14.8 Å². The van der Waals surface area contributed by atoms with Crippen molar-refractivity contribution in [2.45, 2.75) is 57.2 Å². The fourth-order valence-electron chi connectivity index (χ4n) is 3.75. The number of morpholine rings is 1. The molecular formula is C21H35N3O3S. The number of anilines is 2. The highest BCUT2D eigenvalue weighted by molar-refractivity contribution is 7.90. The van der Waals surface area contributed by atoms with Crippen molar-refractivity contribution in [1.29, 1.82) is 0 Å². The smallest absolute Gasteiger partial charge is 0.216 e. The van der Waals surface area contributed by atoms with Crippen molar-refractivity contribution in [2.75, 3.05) is 43.1 Å². The molecule has 1 saturated heterocycles. The minimum atomic E-state index is -3.26. The third-order valence-corrected chi connectivity index (χ3v) is 8.07. The second-order valence-electron chi connectivity index (χ2n) is 8.98. The molecule has 0 spiro atoms. The first-order chi connectivity index (χ1) is 13.2. The lowest BCUT2D eigenvalue weighted by atomic mass is 9.86. The molecule has 0 radical (unpaired) electrons. The van der Waals surface area contributed by atoms with Crippen LogP contribution in [0.1, 0.15) is 46.5 Å². The highest BCUT2D eigenvalue weighted by Crippen LogP contribution is 2.27. The van der Waals surface area contributed by atoms with Gasteiger partial charge >= 0.3 is 0 Å². The van der Waals surface area contributed by atoms with Crippen LogP contribution in [0.5, 0.6) is 0 Å². The van der Waals surface area contributed by atoms with E-state index in [4.69, 9.17) is 4.74 Å². The van der Waals surface area contributed by atoms with Gasteiger partial charge in [-0.25, -0.2) is 13.1 Å². The monoisotopic (exact) mass is 409 g/mol. The molecular weight excluding hydrogens is 374 g/mol. The predicted octanol–water partition coefficient (Wildman–Crippen LogP) is 3.21. The summed E-state index contributed by atoms with van der Waals surface area (Å²) in [5.41, 5.74) is 2.40. The third-order valence-electron chi connectivity index (χ3n) is 5.81. The fraction of sp³-hybridized carbons (Fsp3) is 0.714. The molecule has 0 atom stereocenters. The van der Waals surface area contributed by atoms with Crippen molar-refractivity contribution in [1.82, 2.24) is 4.72 Å². The Morgan fingerprint density at radius 2 is 1.64 bits per heavy atom. The SMILES string of the molecule is CC(C)(C)S(=O)(=O)N[C@H]1CC[C@H](CNc2ccc(N3CCOCC3)cc2)CC1. The fourth-order valence-corrected chi connectivity index (χ4v) is 4.78. The van der Waals surface area contributed by atoms with Gasteiger partial charge in [-0.1, -0.05) is 0 Å². The minimum Gasteiger partial charge on any atom is -0.385 e. The van der Waals surface area contributed by atoms with Gasteiger partial charge in [-0.05, 0) is 76.6 Å². The van der Waals surface area contributed by atoms with Crippen LogP contribution in [0.25, 0.3) is 0 Å². The van der Waals surface area contributed by atoms with E-state index in [1.807, 2.05) is 0 Å². The largest absolute Gasteiger partial charge is 0.385 e. The standard InChI is InChI=1S/C21H35N3O3S/c1-21(2,3)28(25,26)23-19-6-4-17(5-7-19)16-22-18-8-10-20(11-9-18)24-12-14-27-15-13-24/h8-11,17,19,22-23H,4-7,12-16H2,1-3H3/t17-,19-. The molecule has 158 valence electrons. The Kier molecular flexibility index (Phi) is 6.89. The number of rotatable bonds is 6. The first kappa shape index (κ1) is 21.4. The quantitative estimate of drug-likeness (QED) is 0.755. The number of hydrogen-bond acceptors (Lipinski definition) is 5. The number of nitrogens with zero attached hydrogens (tertiary/aromatic N) is 1. The molecule has 2 aliphatic rings. The molecule has 1 aromatic rings. The second kappa shape index (κ2) is 9.01. The maximum atomic E-state index is 12.3. The summed E-state index contributed by atoms with van der Waals surface area (Å²) in [5.74, 6) is 0.592. The highest BCUT2D eigenvalue weighted by atomic mass is 32.2. The van der Waals surface area contributed by atoms with Crippen LogP contribution in [0.15, 0.2) is 24.3 Å². The average molecular weight is 410 g/mol. The van der Waals surface area contributed by atoms with Crippen LogP contribution in [0.3, 0.4) is 0 Å². The molecule has 1 heterocycles. The molecule has 2 fully saturated rings. The minimum absolute atomic E-state index is 0.0771. The van der Waals surface area contributed by atoms with Crippen LogP contribution >= 0.6 is 0 Å². The molecule has 0 unspecified atom stereocenters. The van der Waals surface area contributed by atoms with Gasteiger partial charge in [-0.2, -0.15) is 0 Å². The van der Waals surface area contributed by atoms with Crippen LogP contribution in [-0.4, -0.2) is 52.1 Å². The topological polar surface area (TPSA) is 70.7 Å². The van der Waals surface area contributed by atoms with Crippen LogP contribution in [0.4, 0.5) is 11.4 Å². The van der Waals surface area contributed by atoms with Crippen molar-refractivity contribution in [3.05, 3.63) is 24.3 Å². The van der Waals surface area contributed by atoms with Gasteiger partial charge in [0.1, 0.15) is 0 Å². The second-order valence-corrected chi connectivity index (χ2v) is 11.4. The van der Waals surface area contributed by atoms with Crippen molar-refractivity contribution < 1.29 is 13.2 Å². The number of ether oxygens (including phenoxy) is 1. The van der Waals surface area contributed by atoms with Gasteiger partial charge in [0.05, 0.1) is 18.0 Å². The first-order valence-electron chi connectivity index (χ1n) is 10.4. The van der Waals surface area contributed by atoms with Crippen molar-refractivity contribution in [2.24, 2.45) is 5.92 Å². The Morgan fingerprint density at radius 3 is 2.21 bits per heavy atom. The lowest BCUT2D eigenvalue weighted by Gasteiger charge is -2.31. The van der Waals surface area contributed by atoms with Gasteiger partial charge < -0.3 is 15.0 Å². The summed E-state index contributed by atoms with van der Waals surface area (Å²) in [6.45, 7) is 9.68. The summed E-state index contributed by atoms with van der Waals surface area (Å²) in [6.07, 6.45) is 3.93. The summed E-state index contributed by atoms with van der Waals surface area (Å²) in [5, 5.41) is 3.55. The van der Waals surface area contributed by atoms with Gasteiger partial charge in [0.15, 0.2) is 0 Å². The van der Waals surface area contributed by atoms with Gasteiger partial charge in [0.2, 0.25) is 10.0 Å². The van der Waals surface area contributed by atoms with Crippen molar-refractivity contribution >= 4 is 21.4 Å². The Labute approximate surface area is 170 Å². The number of nitrogens with one attached hydrogen (secondary N) is 2. The van der Waals surface area contributed by atoms with E-state index < -0.39 is 14.8 Å². The molecule has 0 amide bonds. The lowest BCUT2D eigenvalue weighted by molar-refractivity contribution is 0.122. The van der Waals surface area contributed by atoms with Crippen LogP contribution < -0.4 is 14.9 Å². The molecule has 7 heteroatoms. The van der Waals surface area contributed by atoms with E-state index in [1.54, 1.807) is 20.8 Å². The Balaban J connectivity index is 1.42. The van der Waals surface area contributed by atoms with E-state index in [0.29, 0.717) is 5.92 Å². The average Bonchev–Trinajstić information content (AvgIpc) is 2.67. The van der Waals surface area contributed by atoms with Gasteiger partial charge in [0.25, 0.3) is 0 Å². The zero-order chi connectivity index (χ0) is 20.2. The van der Waals surface area contributed by atoms with E-state index in [1.165, 1.54) is 5.69 Å². The summed E-state index contributed by atoms with van der Waals surface area (Å²) in [6, 6.07) is 8.72. The van der Waals surface area contributed by atoms with Gasteiger partial charge in [-0.15, -0.1) is 0 Å². The third kappa shape index (κ3) is 5.61. The van der Waals surface area contributed by atoms with Gasteiger partial charge in [0, 0.05) is 37.1 Å². The molecule has 3 rings (SSSR count). The normalized spacial score (nSPS) is 24.2. The van der Waals surface area contributed by atoms with Crippen LogP contribution in [0, 0.1) is 5.92 Å². The van der Waals surface area contributed by atoms with E-state index in [-0.39, 0.29) is 6.04 Å². The Bertz CT molecular complexity index is 714.